The van der Waals surface area contributed by atoms with Crippen LogP contribution in [0.2, 0.25) is 0 Å². The number of hydrogen-bond donors (Lipinski definition) is 0. The second-order valence-corrected chi connectivity index (χ2v) is 8.23. The number of hydrogen-bond acceptors (Lipinski definition) is 5. The number of rotatable bonds is 6. The Hall–Kier alpha value is -2.35. The molecule has 0 aliphatic carbocycles. The SMILES string of the molecule is CCc1cc(=O)n(C)c(SC(CC)C(=O)N2CCN(c3ccccc3F)CC2)n1. The first-order valence-corrected chi connectivity index (χ1v) is 10.8. The maximum atomic E-state index is 14.0. The summed E-state index contributed by atoms with van der Waals surface area (Å²) in [4.78, 5) is 33.6. The standard InChI is InChI=1S/C21H27FN4O2S/c1-4-15-14-19(27)24(3)21(23-15)29-18(5-2)20(28)26-12-10-25(11-13-26)17-9-7-6-8-16(17)22/h6-9,14,18H,4-5,10-13H2,1-3H3. The zero-order chi connectivity index (χ0) is 21.0. The summed E-state index contributed by atoms with van der Waals surface area (Å²) in [5.41, 5.74) is 1.20. The van der Waals surface area contributed by atoms with E-state index in [9.17, 15) is 14.0 Å². The smallest absolute Gasteiger partial charge is 0.254 e. The lowest BCUT2D eigenvalue weighted by atomic mass is 10.2. The number of aryl methyl sites for hydroxylation is 1. The van der Waals surface area contributed by atoms with Crippen molar-refractivity contribution < 1.29 is 9.18 Å². The number of nitrogens with zero attached hydrogens (tertiary/aromatic N) is 4. The molecule has 1 atom stereocenters. The van der Waals surface area contributed by atoms with E-state index < -0.39 is 0 Å². The number of para-hydroxylation sites is 1. The highest BCUT2D eigenvalue weighted by molar-refractivity contribution is 8.00. The average molecular weight is 419 g/mol. The van der Waals surface area contributed by atoms with E-state index in [4.69, 9.17) is 0 Å². The predicted octanol–water partition coefficient (Wildman–Crippen LogP) is 2.70. The third-order valence-corrected chi connectivity index (χ3v) is 6.58. The van der Waals surface area contributed by atoms with Crippen molar-refractivity contribution in [1.82, 2.24) is 14.5 Å². The number of carbonyl (C=O) groups is 1. The van der Waals surface area contributed by atoms with Crippen LogP contribution in [0.4, 0.5) is 10.1 Å². The van der Waals surface area contributed by atoms with Crippen LogP contribution in [-0.4, -0.2) is 51.8 Å². The third-order valence-electron chi connectivity index (χ3n) is 5.19. The van der Waals surface area contributed by atoms with Gasteiger partial charge in [0.2, 0.25) is 5.91 Å². The van der Waals surface area contributed by atoms with Gasteiger partial charge in [0.15, 0.2) is 5.16 Å². The molecule has 1 aliphatic rings. The Morgan fingerprint density at radius 3 is 2.52 bits per heavy atom. The van der Waals surface area contributed by atoms with Crippen molar-refractivity contribution in [3.8, 4) is 0 Å². The van der Waals surface area contributed by atoms with Gasteiger partial charge in [-0.2, -0.15) is 0 Å². The number of carbonyl (C=O) groups excluding carboxylic acids is 1. The number of halogens is 1. The molecule has 0 bridgehead atoms. The van der Waals surface area contributed by atoms with Gasteiger partial charge in [-0.3, -0.25) is 14.2 Å². The summed E-state index contributed by atoms with van der Waals surface area (Å²) in [6.07, 6.45) is 1.32. The van der Waals surface area contributed by atoms with E-state index >= 15 is 0 Å². The molecule has 6 nitrogen and oxygen atoms in total. The minimum Gasteiger partial charge on any atom is -0.366 e. The fraction of sp³-hybridized carbons (Fsp3) is 0.476. The minimum atomic E-state index is -0.305. The maximum absolute atomic E-state index is 14.0. The molecule has 0 N–H and O–H groups in total. The lowest BCUT2D eigenvalue weighted by molar-refractivity contribution is -0.130. The molecule has 3 rings (SSSR count). The molecule has 0 radical (unpaired) electrons. The maximum Gasteiger partial charge on any atom is 0.254 e. The topological polar surface area (TPSA) is 58.4 Å². The second kappa shape index (κ2) is 9.43. The van der Waals surface area contributed by atoms with Gasteiger partial charge in [-0.1, -0.05) is 37.7 Å². The third kappa shape index (κ3) is 4.80. The van der Waals surface area contributed by atoms with E-state index in [2.05, 4.69) is 4.98 Å². The van der Waals surface area contributed by atoms with Crippen molar-refractivity contribution in [3.05, 3.63) is 52.2 Å². The van der Waals surface area contributed by atoms with Crippen LogP contribution < -0.4 is 10.5 Å². The molecule has 1 unspecified atom stereocenters. The average Bonchev–Trinajstić information content (AvgIpc) is 2.74. The summed E-state index contributed by atoms with van der Waals surface area (Å²) in [5, 5.41) is 0.264. The molecule has 0 spiro atoms. The highest BCUT2D eigenvalue weighted by Crippen LogP contribution is 2.26. The molecular weight excluding hydrogens is 391 g/mol. The Morgan fingerprint density at radius 2 is 1.90 bits per heavy atom. The summed E-state index contributed by atoms with van der Waals surface area (Å²) < 4.78 is 15.5. The normalized spacial score (nSPS) is 15.4. The summed E-state index contributed by atoms with van der Waals surface area (Å²) >= 11 is 1.35. The van der Waals surface area contributed by atoms with Gasteiger partial charge in [0.1, 0.15) is 5.82 Å². The van der Waals surface area contributed by atoms with Gasteiger partial charge in [-0.15, -0.1) is 0 Å². The van der Waals surface area contributed by atoms with Crippen LogP contribution in [0.15, 0.2) is 40.3 Å². The number of anilines is 1. The molecule has 1 saturated heterocycles. The van der Waals surface area contributed by atoms with Crippen molar-refractivity contribution in [1.29, 1.82) is 0 Å². The van der Waals surface area contributed by atoms with Gasteiger partial charge in [-0.05, 0) is 25.0 Å². The van der Waals surface area contributed by atoms with Crippen LogP contribution in [-0.2, 0) is 18.3 Å². The van der Waals surface area contributed by atoms with Crippen LogP contribution in [0.3, 0.4) is 0 Å². The summed E-state index contributed by atoms with van der Waals surface area (Å²) in [5.74, 6) is -0.195. The summed E-state index contributed by atoms with van der Waals surface area (Å²) in [6.45, 7) is 6.20. The molecule has 1 aromatic heterocycles. The first kappa shape index (κ1) is 21.4. The van der Waals surface area contributed by atoms with Crippen molar-refractivity contribution >= 4 is 23.4 Å². The molecule has 0 saturated carbocycles. The summed E-state index contributed by atoms with van der Waals surface area (Å²) in [6, 6.07) is 8.26. The zero-order valence-electron chi connectivity index (χ0n) is 17.1. The number of thioether (sulfide) groups is 1. The van der Waals surface area contributed by atoms with Gasteiger partial charge in [-0.25, -0.2) is 9.37 Å². The molecule has 1 aliphatic heterocycles. The molecule has 1 aromatic carbocycles. The lowest BCUT2D eigenvalue weighted by Gasteiger charge is -2.37. The Balaban J connectivity index is 1.67. The second-order valence-electron chi connectivity index (χ2n) is 7.06. The van der Waals surface area contributed by atoms with Crippen LogP contribution >= 0.6 is 11.8 Å². The van der Waals surface area contributed by atoms with E-state index in [1.807, 2.05) is 29.7 Å². The first-order chi connectivity index (χ1) is 13.9. The molecule has 2 aromatic rings. The zero-order valence-corrected chi connectivity index (χ0v) is 17.9. The Morgan fingerprint density at radius 1 is 1.21 bits per heavy atom. The molecule has 2 heterocycles. The largest absolute Gasteiger partial charge is 0.366 e. The van der Waals surface area contributed by atoms with Crippen LogP contribution in [0, 0.1) is 5.82 Å². The Kier molecular flexibility index (Phi) is 6.95. The molecular formula is C21H27FN4O2S. The number of aromatic nitrogens is 2. The molecule has 156 valence electrons. The van der Waals surface area contributed by atoms with Gasteiger partial charge in [0.05, 0.1) is 10.9 Å². The molecule has 1 amide bonds. The number of piperazine rings is 1. The predicted molar refractivity (Wildman–Crippen MR) is 114 cm³/mol. The van der Waals surface area contributed by atoms with Gasteiger partial charge < -0.3 is 9.80 Å². The Bertz CT molecular complexity index is 925. The monoisotopic (exact) mass is 418 g/mol. The highest BCUT2D eigenvalue weighted by atomic mass is 32.2. The summed E-state index contributed by atoms with van der Waals surface area (Å²) in [7, 11) is 1.68. The van der Waals surface area contributed by atoms with E-state index in [1.54, 1.807) is 19.2 Å². The van der Waals surface area contributed by atoms with Crippen LogP contribution in [0.25, 0.3) is 0 Å². The lowest BCUT2D eigenvalue weighted by Crippen LogP contribution is -2.51. The van der Waals surface area contributed by atoms with Crippen molar-refractivity contribution in [2.75, 3.05) is 31.1 Å². The first-order valence-electron chi connectivity index (χ1n) is 9.96. The quantitative estimate of drug-likeness (QED) is 0.533. The van der Waals surface area contributed by atoms with Crippen molar-refractivity contribution in [2.45, 2.75) is 37.1 Å². The number of benzene rings is 1. The van der Waals surface area contributed by atoms with E-state index in [0.717, 1.165) is 5.69 Å². The van der Waals surface area contributed by atoms with Gasteiger partial charge >= 0.3 is 0 Å². The fourth-order valence-corrected chi connectivity index (χ4v) is 4.45. The van der Waals surface area contributed by atoms with Gasteiger partial charge in [0, 0.05) is 45.0 Å². The van der Waals surface area contributed by atoms with Crippen molar-refractivity contribution in [3.63, 3.8) is 0 Å². The number of amides is 1. The van der Waals surface area contributed by atoms with Crippen LogP contribution in [0.1, 0.15) is 26.0 Å². The van der Waals surface area contributed by atoms with Crippen molar-refractivity contribution in [2.24, 2.45) is 7.05 Å². The van der Waals surface area contributed by atoms with Gasteiger partial charge in [0.25, 0.3) is 5.56 Å². The fourth-order valence-electron chi connectivity index (χ4n) is 3.37. The van der Waals surface area contributed by atoms with E-state index in [-0.39, 0.29) is 22.5 Å². The van der Waals surface area contributed by atoms with E-state index in [0.29, 0.717) is 49.9 Å². The van der Waals surface area contributed by atoms with Crippen LogP contribution in [0.5, 0.6) is 0 Å². The molecule has 1 fully saturated rings. The molecule has 8 heteroatoms. The Labute approximate surface area is 174 Å². The molecule has 29 heavy (non-hydrogen) atoms. The minimum absolute atomic E-state index is 0.0434. The van der Waals surface area contributed by atoms with E-state index in [1.165, 1.54) is 28.5 Å². The highest BCUT2D eigenvalue weighted by Gasteiger charge is 2.29.